The van der Waals surface area contributed by atoms with E-state index >= 15 is 0 Å². The molecule has 0 aliphatic rings. The molecule has 88 valence electrons. The Balaban J connectivity index is 2.96. The summed E-state index contributed by atoms with van der Waals surface area (Å²) in [7, 11) is 1.39. The van der Waals surface area contributed by atoms with Gasteiger partial charge in [-0.3, -0.25) is 0 Å². The molecule has 0 aliphatic heterocycles. The SMILES string of the molecule is COC(=O)c1cc(CBr)cc(CCCCl)c1. The lowest BCUT2D eigenvalue weighted by Gasteiger charge is -2.06. The smallest absolute Gasteiger partial charge is 0.337 e. The minimum atomic E-state index is -0.296. The fourth-order valence-electron chi connectivity index (χ4n) is 1.49. The molecule has 2 nitrogen and oxygen atoms in total. The largest absolute Gasteiger partial charge is 0.465 e. The standard InChI is InChI=1S/C12H14BrClO2/c1-16-12(15)11-6-9(3-2-4-14)5-10(7-11)8-13/h5-7H,2-4,8H2,1H3. The molecule has 0 unspecified atom stereocenters. The third-order valence-electron chi connectivity index (χ3n) is 2.23. The van der Waals surface area contributed by atoms with Gasteiger partial charge in [-0.05, 0) is 36.1 Å². The number of halogens is 2. The van der Waals surface area contributed by atoms with Crippen LogP contribution in [0, 0.1) is 0 Å². The first-order valence-corrected chi connectivity index (χ1v) is 6.70. The molecular formula is C12H14BrClO2. The molecule has 1 rings (SSSR count). The van der Waals surface area contributed by atoms with Gasteiger partial charge in [0.15, 0.2) is 0 Å². The third-order valence-corrected chi connectivity index (χ3v) is 3.14. The van der Waals surface area contributed by atoms with Gasteiger partial charge in [-0.2, -0.15) is 0 Å². The predicted molar refractivity (Wildman–Crippen MR) is 69.5 cm³/mol. The van der Waals surface area contributed by atoms with Gasteiger partial charge < -0.3 is 4.74 Å². The molecule has 1 aromatic carbocycles. The van der Waals surface area contributed by atoms with Crippen LogP contribution in [0.1, 0.15) is 27.9 Å². The molecule has 16 heavy (non-hydrogen) atoms. The van der Waals surface area contributed by atoms with Gasteiger partial charge in [0, 0.05) is 11.2 Å². The van der Waals surface area contributed by atoms with Gasteiger partial charge in [0.1, 0.15) is 0 Å². The first-order valence-electron chi connectivity index (χ1n) is 5.04. The van der Waals surface area contributed by atoms with Crippen molar-refractivity contribution in [1.29, 1.82) is 0 Å². The van der Waals surface area contributed by atoms with Gasteiger partial charge in [-0.1, -0.05) is 22.0 Å². The Morgan fingerprint density at radius 3 is 2.62 bits per heavy atom. The summed E-state index contributed by atoms with van der Waals surface area (Å²) in [5.74, 6) is 0.335. The van der Waals surface area contributed by atoms with Crippen molar-refractivity contribution in [2.75, 3.05) is 13.0 Å². The quantitative estimate of drug-likeness (QED) is 0.614. The molecule has 0 saturated carbocycles. The van der Waals surface area contributed by atoms with Crippen LogP contribution in [0.2, 0.25) is 0 Å². The van der Waals surface area contributed by atoms with E-state index < -0.39 is 0 Å². The number of rotatable bonds is 5. The highest BCUT2D eigenvalue weighted by Gasteiger charge is 2.08. The van der Waals surface area contributed by atoms with Crippen molar-refractivity contribution in [3.63, 3.8) is 0 Å². The van der Waals surface area contributed by atoms with E-state index in [1.807, 2.05) is 12.1 Å². The Hall–Kier alpha value is -0.540. The second-order valence-corrected chi connectivity index (χ2v) is 4.39. The monoisotopic (exact) mass is 304 g/mol. The molecule has 0 atom stereocenters. The molecule has 0 aliphatic carbocycles. The summed E-state index contributed by atoms with van der Waals surface area (Å²) >= 11 is 9.04. The molecule has 0 fully saturated rings. The van der Waals surface area contributed by atoms with E-state index in [0.29, 0.717) is 11.4 Å². The first kappa shape index (κ1) is 13.5. The summed E-state index contributed by atoms with van der Waals surface area (Å²) in [6.07, 6.45) is 1.79. The van der Waals surface area contributed by atoms with E-state index in [-0.39, 0.29) is 5.97 Å². The molecule has 0 radical (unpaired) electrons. The number of ether oxygens (including phenoxy) is 1. The van der Waals surface area contributed by atoms with E-state index in [1.165, 1.54) is 7.11 Å². The van der Waals surface area contributed by atoms with Crippen LogP contribution >= 0.6 is 27.5 Å². The van der Waals surface area contributed by atoms with Crippen LogP contribution in [0.3, 0.4) is 0 Å². The number of benzene rings is 1. The van der Waals surface area contributed by atoms with Gasteiger partial charge >= 0.3 is 5.97 Å². The fourth-order valence-corrected chi connectivity index (χ4v) is 1.95. The van der Waals surface area contributed by atoms with Crippen molar-refractivity contribution in [2.45, 2.75) is 18.2 Å². The van der Waals surface area contributed by atoms with E-state index in [4.69, 9.17) is 16.3 Å². The van der Waals surface area contributed by atoms with Crippen molar-refractivity contribution in [3.8, 4) is 0 Å². The zero-order valence-electron chi connectivity index (χ0n) is 9.13. The molecule has 0 heterocycles. The maximum atomic E-state index is 11.4. The summed E-state index contributed by atoms with van der Waals surface area (Å²) in [6.45, 7) is 0. The van der Waals surface area contributed by atoms with Crippen LogP contribution in [0.25, 0.3) is 0 Å². The van der Waals surface area contributed by atoms with E-state index in [2.05, 4.69) is 22.0 Å². The molecule has 0 N–H and O–H groups in total. The third kappa shape index (κ3) is 3.80. The van der Waals surface area contributed by atoms with Gasteiger partial charge in [-0.25, -0.2) is 4.79 Å². The lowest BCUT2D eigenvalue weighted by Crippen LogP contribution is -2.03. The summed E-state index contributed by atoms with van der Waals surface area (Å²) in [5, 5.41) is 0.728. The Morgan fingerprint density at radius 1 is 1.38 bits per heavy atom. The van der Waals surface area contributed by atoms with E-state index in [1.54, 1.807) is 0 Å². The van der Waals surface area contributed by atoms with Gasteiger partial charge in [0.05, 0.1) is 12.7 Å². The Labute approximate surface area is 109 Å². The van der Waals surface area contributed by atoms with Crippen molar-refractivity contribution in [3.05, 3.63) is 34.9 Å². The van der Waals surface area contributed by atoms with Crippen molar-refractivity contribution in [1.82, 2.24) is 0 Å². The van der Waals surface area contributed by atoms with Crippen LogP contribution in [0.4, 0.5) is 0 Å². The van der Waals surface area contributed by atoms with Gasteiger partial charge in [-0.15, -0.1) is 11.6 Å². The zero-order valence-corrected chi connectivity index (χ0v) is 11.5. The first-order chi connectivity index (χ1) is 7.71. The highest BCUT2D eigenvalue weighted by atomic mass is 79.9. The number of carbonyl (C=O) groups is 1. The lowest BCUT2D eigenvalue weighted by molar-refractivity contribution is 0.0600. The number of hydrogen-bond acceptors (Lipinski definition) is 2. The zero-order chi connectivity index (χ0) is 12.0. The summed E-state index contributed by atoms with van der Waals surface area (Å²) < 4.78 is 4.71. The second-order valence-electron chi connectivity index (χ2n) is 3.46. The van der Waals surface area contributed by atoms with Crippen molar-refractivity contribution >= 4 is 33.5 Å². The number of hydrogen-bond donors (Lipinski definition) is 0. The van der Waals surface area contributed by atoms with Crippen molar-refractivity contribution < 1.29 is 9.53 Å². The molecule has 0 amide bonds. The number of methoxy groups -OCH3 is 1. The average Bonchev–Trinajstić information content (AvgIpc) is 2.34. The van der Waals surface area contributed by atoms with Crippen LogP contribution < -0.4 is 0 Å². The molecule has 1 aromatic rings. The lowest BCUT2D eigenvalue weighted by atomic mass is 10.0. The van der Waals surface area contributed by atoms with E-state index in [9.17, 15) is 4.79 Å². The summed E-state index contributed by atoms with van der Waals surface area (Å²) in [4.78, 5) is 11.4. The molecule has 0 saturated heterocycles. The average molecular weight is 306 g/mol. The summed E-state index contributed by atoms with van der Waals surface area (Å²) in [5.41, 5.74) is 2.80. The maximum absolute atomic E-state index is 11.4. The highest BCUT2D eigenvalue weighted by Crippen LogP contribution is 2.15. The molecular weight excluding hydrogens is 291 g/mol. The number of carbonyl (C=O) groups excluding carboxylic acids is 1. The molecule has 0 spiro atoms. The predicted octanol–water partition coefficient (Wildman–Crippen LogP) is 3.54. The summed E-state index contributed by atoms with van der Waals surface area (Å²) in [6, 6.07) is 5.78. The Kier molecular flexibility index (Phi) is 5.85. The Morgan fingerprint density at radius 2 is 2.06 bits per heavy atom. The molecule has 0 aromatic heterocycles. The minimum Gasteiger partial charge on any atom is -0.465 e. The second kappa shape index (κ2) is 6.92. The maximum Gasteiger partial charge on any atom is 0.337 e. The minimum absolute atomic E-state index is 0.296. The highest BCUT2D eigenvalue weighted by molar-refractivity contribution is 9.08. The van der Waals surface area contributed by atoms with E-state index in [0.717, 1.165) is 29.3 Å². The van der Waals surface area contributed by atoms with Crippen molar-refractivity contribution in [2.24, 2.45) is 0 Å². The van der Waals surface area contributed by atoms with Crippen LogP contribution in [0.5, 0.6) is 0 Å². The van der Waals surface area contributed by atoms with Crippen LogP contribution in [0.15, 0.2) is 18.2 Å². The molecule has 4 heteroatoms. The van der Waals surface area contributed by atoms with Crippen LogP contribution in [-0.4, -0.2) is 19.0 Å². The van der Waals surface area contributed by atoms with Gasteiger partial charge in [0.25, 0.3) is 0 Å². The number of aryl methyl sites for hydroxylation is 1. The van der Waals surface area contributed by atoms with Crippen LogP contribution in [-0.2, 0) is 16.5 Å². The number of alkyl halides is 2. The van der Waals surface area contributed by atoms with Gasteiger partial charge in [0.2, 0.25) is 0 Å². The topological polar surface area (TPSA) is 26.3 Å². The Bertz CT molecular complexity index is 366. The number of esters is 1. The normalized spacial score (nSPS) is 10.2. The fraction of sp³-hybridized carbons (Fsp3) is 0.417. The molecule has 0 bridgehead atoms.